The zero-order valence-electron chi connectivity index (χ0n) is 21.7. The number of amides is 2. The molecular formula is C27H34N6O3S. The number of aliphatic hydroxyl groups is 1. The summed E-state index contributed by atoms with van der Waals surface area (Å²) in [5.74, 6) is -0.0606. The van der Waals surface area contributed by atoms with Crippen LogP contribution in [0.3, 0.4) is 0 Å². The number of benzene rings is 1. The van der Waals surface area contributed by atoms with Gasteiger partial charge in [-0.1, -0.05) is 50.3 Å². The number of aryl methyl sites for hydroxylation is 1. The number of hydrogen-bond donors (Lipinski definition) is 2. The lowest BCUT2D eigenvalue weighted by Gasteiger charge is -2.34. The van der Waals surface area contributed by atoms with Gasteiger partial charge in [0.2, 0.25) is 11.8 Å². The van der Waals surface area contributed by atoms with Crippen LogP contribution in [0.25, 0.3) is 10.4 Å². The molecule has 1 aliphatic heterocycles. The summed E-state index contributed by atoms with van der Waals surface area (Å²) >= 11 is 1.60. The van der Waals surface area contributed by atoms with Gasteiger partial charge in [0.25, 0.3) is 0 Å². The highest BCUT2D eigenvalue weighted by Crippen LogP contribution is 2.40. The Labute approximate surface area is 220 Å². The van der Waals surface area contributed by atoms with Gasteiger partial charge in [0.15, 0.2) is 0 Å². The lowest BCUT2D eigenvalue weighted by atomic mass is 9.85. The first kappa shape index (κ1) is 25.5. The van der Waals surface area contributed by atoms with Crippen molar-refractivity contribution in [1.29, 1.82) is 0 Å². The van der Waals surface area contributed by atoms with Crippen LogP contribution in [-0.2, 0) is 16.1 Å². The molecule has 2 aromatic heterocycles. The van der Waals surface area contributed by atoms with Gasteiger partial charge in [-0.15, -0.1) is 16.4 Å². The van der Waals surface area contributed by atoms with E-state index >= 15 is 0 Å². The van der Waals surface area contributed by atoms with Crippen LogP contribution in [0, 0.1) is 12.3 Å². The van der Waals surface area contributed by atoms with Crippen molar-refractivity contribution >= 4 is 23.2 Å². The van der Waals surface area contributed by atoms with E-state index in [1.165, 1.54) is 4.90 Å². The lowest BCUT2D eigenvalue weighted by Crippen LogP contribution is -2.50. The van der Waals surface area contributed by atoms with E-state index in [1.54, 1.807) is 16.0 Å². The van der Waals surface area contributed by atoms with Crippen LogP contribution < -0.4 is 5.32 Å². The predicted octanol–water partition coefficient (Wildman–Crippen LogP) is 3.45. The third-order valence-electron chi connectivity index (χ3n) is 7.14. The summed E-state index contributed by atoms with van der Waals surface area (Å²) in [4.78, 5) is 34.0. The number of aromatic nitrogens is 4. The van der Waals surface area contributed by atoms with Gasteiger partial charge in [0.1, 0.15) is 12.1 Å². The number of carbonyl (C=O) groups excluding carboxylic acids is 2. The van der Waals surface area contributed by atoms with E-state index in [1.807, 2.05) is 63.7 Å². The summed E-state index contributed by atoms with van der Waals surface area (Å²) in [5.41, 5.74) is 5.34. The fourth-order valence-electron chi connectivity index (χ4n) is 4.99. The molecule has 10 heteroatoms. The second-order valence-electron chi connectivity index (χ2n) is 11.2. The van der Waals surface area contributed by atoms with Gasteiger partial charge in [0, 0.05) is 31.6 Å². The van der Waals surface area contributed by atoms with Gasteiger partial charge >= 0.3 is 0 Å². The fourth-order valence-corrected chi connectivity index (χ4v) is 5.80. The minimum atomic E-state index is -0.750. The van der Waals surface area contributed by atoms with Crippen LogP contribution in [0.5, 0.6) is 0 Å². The first-order valence-electron chi connectivity index (χ1n) is 12.8. The minimum absolute atomic E-state index is 0.122. The molecule has 1 aromatic carbocycles. The van der Waals surface area contributed by atoms with Gasteiger partial charge < -0.3 is 15.3 Å². The highest BCUT2D eigenvalue weighted by molar-refractivity contribution is 7.13. The molecule has 3 aromatic rings. The largest absolute Gasteiger partial charge is 0.391 e. The first-order chi connectivity index (χ1) is 17.6. The molecule has 3 atom stereocenters. The number of carbonyl (C=O) groups is 2. The lowest BCUT2D eigenvalue weighted by molar-refractivity contribution is -0.144. The molecule has 2 unspecified atom stereocenters. The summed E-state index contributed by atoms with van der Waals surface area (Å²) in [7, 11) is 0. The molecule has 37 heavy (non-hydrogen) atoms. The van der Waals surface area contributed by atoms with E-state index in [0.29, 0.717) is 12.5 Å². The second-order valence-corrected chi connectivity index (χ2v) is 12.1. The maximum absolute atomic E-state index is 13.8. The Bertz CT molecular complexity index is 1270. The maximum atomic E-state index is 13.8. The summed E-state index contributed by atoms with van der Waals surface area (Å²) < 4.78 is 1.64. The molecule has 1 aliphatic carbocycles. The van der Waals surface area contributed by atoms with Gasteiger partial charge in [-0.2, -0.15) is 0 Å². The Kier molecular flexibility index (Phi) is 6.89. The van der Waals surface area contributed by atoms with E-state index in [0.717, 1.165) is 40.2 Å². The zero-order chi connectivity index (χ0) is 26.3. The number of rotatable bonds is 7. The average Bonchev–Trinajstić information content (AvgIpc) is 3.22. The monoisotopic (exact) mass is 522 g/mol. The zero-order valence-corrected chi connectivity index (χ0v) is 22.5. The van der Waals surface area contributed by atoms with Gasteiger partial charge in [-0.05, 0) is 36.3 Å². The van der Waals surface area contributed by atoms with E-state index in [-0.39, 0.29) is 24.8 Å². The van der Waals surface area contributed by atoms with Crippen molar-refractivity contribution in [1.82, 2.24) is 30.2 Å². The molecule has 0 radical (unpaired) electrons. The van der Waals surface area contributed by atoms with Crippen LogP contribution >= 0.6 is 11.3 Å². The number of β-amino-alcohol motifs (C(OH)–C–C–N with tert-alkyl or cyclic N) is 1. The number of thiazole rings is 1. The third kappa shape index (κ3) is 5.45. The number of hydrogen-bond acceptors (Lipinski definition) is 7. The molecule has 1 saturated carbocycles. The standard InChI is InChI=1S/C27H34N6O3S/c1-16-23(37-15-29-16)19-7-5-17(6-8-19)12-28-25(35)22-11-20(34)13-32(22)26(36)24(27(2,3)4)33-14-21(30-31-33)18-9-10-18/h5-8,14-15,18,20,22,24,34H,9-13H2,1-4H3,(H,28,35)/t20?,22?,24-/m1/s1. The summed E-state index contributed by atoms with van der Waals surface area (Å²) in [6.45, 7) is 8.39. The molecule has 2 aliphatic rings. The first-order valence-corrected chi connectivity index (χ1v) is 13.7. The Morgan fingerprint density at radius 1 is 1.22 bits per heavy atom. The third-order valence-corrected chi connectivity index (χ3v) is 8.11. The van der Waals surface area contributed by atoms with E-state index in [4.69, 9.17) is 0 Å². The topological polar surface area (TPSA) is 113 Å². The Hall–Kier alpha value is -3.11. The molecular weight excluding hydrogens is 488 g/mol. The SMILES string of the molecule is Cc1ncsc1-c1ccc(CNC(=O)C2CC(O)CN2C(=O)[C@@H](n2cc(C3CC3)nn2)C(C)(C)C)cc1. The molecule has 1 saturated heterocycles. The minimum Gasteiger partial charge on any atom is -0.391 e. The van der Waals surface area contributed by atoms with Crippen molar-refractivity contribution in [2.24, 2.45) is 5.41 Å². The Morgan fingerprint density at radius 3 is 2.57 bits per heavy atom. The van der Waals surface area contributed by atoms with Gasteiger partial charge in [-0.25, -0.2) is 9.67 Å². The summed E-state index contributed by atoms with van der Waals surface area (Å²) in [6, 6.07) is 6.66. The predicted molar refractivity (Wildman–Crippen MR) is 141 cm³/mol. The Morgan fingerprint density at radius 2 is 1.95 bits per heavy atom. The van der Waals surface area contributed by atoms with E-state index in [2.05, 4.69) is 20.6 Å². The molecule has 2 N–H and O–H groups in total. The number of nitrogens with one attached hydrogen (secondary N) is 1. The molecule has 196 valence electrons. The van der Waals surface area contributed by atoms with Crippen molar-refractivity contribution in [3.8, 4) is 10.4 Å². The molecule has 3 heterocycles. The quantitative estimate of drug-likeness (QED) is 0.491. The van der Waals surface area contributed by atoms with E-state index in [9.17, 15) is 14.7 Å². The van der Waals surface area contributed by atoms with Crippen LogP contribution in [-0.4, -0.2) is 60.5 Å². The highest BCUT2D eigenvalue weighted by atomic mass is 32.1. The van der Waals surface area contributed by atoms with Crippen LogP contribution in [0.15, 0.2) is 36.0 Å². The van der Waals surface area contributed by atoms with Crippen molar-refractivity contribution in [2.75, 3.05) is 6.54 Å². The summed E-state index contributed by atoms with van der Waals surface area (Å²) in [5, 5.41) is 22.0. The molecule has 5 rings (SSSR count). The molecule has 0 spiro atoms. The number of likely N-dealkylation sites (tertiary alicyclic amines) is 1. The average molecular weight is 523 g/mol. The maximum Gasteiger partial charge on any atom is 0.248 e. The molecule has 2 amide bonds. The van der Waals surface area contributed by atoms with Crippen LogP contribution in [0.2, 0.25) is 0 Å². The van der Waals surface area contributed by atoms with Crippen molar-refractivity contribution in [3.05, 3.63) is 52.9 Å². The van der Waals surface area contributed by atoms with Crippen molar-refractivity contribution in [2.45, 2.75) is 77.6 Å². The van der Waals surface area contributed by atoms with Gasteiger partial charge in [0.05, 0.1) is 27.9 Å². The summed E-state index contributed by atoms with van der Waals surface area (Å²) in [6.07, 6.45) is 3.52. The second kappa shape index (κ2) is 9.98. The molecule has 0 bridgehead atoms. The Balaban J connectivity index is 1.28. The molecule has 9 nitrogen and oxygen atoms in total. The van der Waals surface area contributed by atoms with Crippen LogP contribution in [0.1, 0.15) is 68.9 Å². The number of nitrogens with zero attached hydrogens (tertiary/aromatic N) is 5. The fraction of sp³-hybridized carbons (Fsp3) is 0.519. The van der Waals surface area contributed by atoms with Crippen molar-refractivity contribution < 1.29 is 14.7 Å². The molecule has 2 fully saturated rings. The number of aliphatic hydroxyl groups excluding tert-OH is 1. The highest BCUT2D eigenvalue weighted by Gasteiger charge is 2.45. The van der Waals surface area contributed by atoms with E-state index < -0.39 is 23.6 Å². The smallest absolute Gasteiger partial charge is 0.248 e. The van der Waals surface area contributed by atoms with Crippen LogP contribution in [0.4, 0.5) is 0 Å². The van der Waals surface area contributed by atoms with Gasteiger partial charge in [-0.3, -0.25) is 9.59 Å². The normalized spacial score (nSPS) is 20.7. The van der Waals surface area contributed by atoms with Crippen molar-refractivity contribution in [3.63, 3.8) is 0 Å².